The minimum atomic E-state index is 0.144. The number of hydrogen-bond acceptors (Lipinski definition) is 2. The molecule has 2 rings (SSSR count). The van der Waals surface area contributed by atoms with Crippen LogP contribution in [0.5, 0.6) is 0 Å². The number of carbonyl (C=O) groups excluding carboxylic acids is 1. The predicted octanol–water partition coefficient (Wildman–Crippen LogP) is 2.12. The first-order valence-electron chi connectivity index (χ1n) is 6.30. The maximum absolute atomic E-state index is 12.1. The molecular formula is C15H19NO2. The summed E-state index contributed by atoms with van der Waals surface area (Å²) >= 11 is 0. The average Bonchev–Trinajstić information content (AvgIpc) is 2.39. The van der Waals surface area contributed by atoms with Crippen LogP contribution in [-0.2, 0) is 16.0 Å². The molecule has 1 amide bonds. The van der Waals surface area contributed by atoms with Crippen molar-refractivity contribution in [3.8, 4) is 0 Å². The van der Waals surface area contributed by atoms with E-state index in [1.165, 1.54) is 0 Å². The van der Waals surface area contributed by atoms with E-state index in [1.807, 2.05) is 36.1 Å². The van der Waals surface area contributed by atoms with E-state index in [2.05, 4.69) is 6.58 Å². The molecule has 1 heterocycles. The zero-order valence-electron chi connectivity index (χ0n) is 10.8. The van der Waals surface area contributed by atoms with Gasteiger partial charge < -0.3 is 9.64 Å². The first kappa shape index (κ1) is 12.8. The summed E-state index contributed by atoms with van der Waals surface area (Å²) in [6, 6.07) is 7.94. The number of amides is 1. The van der Waals surface area contributed by atoms with E-state index < -0.39 is 0 Å². The second kappa shape index (κ2) is 5.83. The van der Waals surface area contributed by atoms with Crippen molar-refractivity contribution in [2.75, 3.05) is 19.7 Å². The highest BCUT2D eigenvalue weighted by molar-refractivity contribution is 5.79. The van der Waals surface area contributed by atoms with Crippen LogP contribution in [0, 0.1) is 0 Å². The largest absolute Gasteiger partial charge is 0.375 e. The molecule has 0 spiro atoms. The maximum Gasteiger partial charge on any atom is 0.227 e. The predicted molar refractivity (Wildman–Crippen MR) is 72.2 cm³/mol. The standard InChI is InChI=1S/C15H19NO2/c1-3-13-4-6-14(7-5-13)10-15(17)16-8-9-18-12(2)11-16/h3-7,12H,1,8-11H2,2H3. The summed E-state index contributed by atoms with van der Waals surface area (Å²) in [5, 5.41) is 0. The molecular weight excluding hydrogens is 226 g/mol. The highest BCUT2D eigenvalue weighted by Crippen LogP contribution is 2.10. The van der Waals surface area contributed by atoms with Crippen molar-refractivity contribution in [3.05, 3.63) is 42.0 Å². The summed E-state index contributed by atoms with van der Waals surface area (Å²) < 4.78 is 5.43. The Morgan fingerprint density at radius 2 is 2.22 bits per heavy atom. The molecule has 3 nitrogen and oxygen atoms in total. The number of ether oxygens (including phenoxy) is 1. The van der Waals surface area contributed by atoms with Crippen LogP contribution in [0.4, 0.5) is 0 Å². The Balaban J connectivity index is 1.95. The zero-order chi connectivity index (χ0) is 13.0. The fraction of sp³-hybridized carbons (Fsp3) is 0.400. The summed E-state index contributed by atoms with van der Waals surface area (Å²) in [6.45, 7) is 7.75. The Morgan fingerprint density at radius 1 is 1.50 bits per heavy atom. The molecule has 1 aliphatic rings. The van der Waals surface area contributed by atoms with Gasteiger partial charge in [-0.3, -0.25) is 4.79 Å². The van der Waals surface area contributed by atoms with Gasteiger partial charge in [0.15, 0.2) is 0 Å². The highest BCUT2D eigenvalue weighted by Gasteiger charge is 2.21. The molecule has 1 aromatic carbocycles. The molecule has 1 aliphatic heterocycles. The first-order chi connectivity index (χ1) is 8.69. The number of benzene rings is 1. The number of morpholine rings is 1. The molecule has 0 radical (unpaired) electrons. The summed E-state index contributed by atoms with van der Waals surface area (Å²) in [5.41, 5.74) is 2.12. The molecule has 18 heavy (non-hydrogen) atoms. The SMILES string of the molecule is C=Cc1ccc(CC(=O)N2CCOC(C)C2)cc1. The summed E-state index contributed by atoms with van der Waals surface area (Å²) in [7, 11) is 0. The van der Waals surface area contributed by atoms with Crippen LogP contribution < -0.4 is 0 Å². The molecule has 3 heteroatoms. The Bertz CT molecular complexity index is 425. The summed E-state index contributed by atoms with van der Waals surface area (Å²) in [6.07, 6.45) is 2.41. The lowest BCUT2D eigenvalue weighted by molar-refractivity contribution is -0.137. The third-order valence-electron chi connectivity index (χ3n) is 3.16. The molecule has 0 N–H and O–H groups in total. The maximum atomic E-state index is 12.1. The Hall–Kier alpha value is -1.61. The lowest BCUT2D eigenvalue weighted by atomic mass is 10.1. The van der Waals surface area contributed by atoms with E-state index in [4.69, 9.17) is 4.74 Å². The Morgan fingerprint density at radius 3 is 2.83 bits per heavy atom. The van der Waals surface area contributed by atoms with Crippen molar-refractivity contribution in [3.63, 3.8) is 0 Å². The molecule has 0 aliphatic carbocycles. The lowest BCUT2D eigenvalue weighted by Crippen LogP contribution is -2.45. The lowest BCUT2D eigenvalue weighted by Gasteiger charge is -2.31. The number of nitrogens with zero attached hydrogens (tertiary/aromatic N) is 1. The topological polar surface area (TPSA) is 29.5 Å². The van der Waals surface area contributed by atoms with E-state index in [0.717, 1.165) is 11.1 Å². The fourth-order valence-electron chi connectivity index (χ4n) is 2.10. The van der Waals surface area contributed by atoms with Crippen LogP contribution in [0.1, 0.15) is 18.1 Å². The monoisotopic (exact) mass is 245 g/mol. The van der Waals surface area contributed by atoms with E-state index >= 15 is 0 Å². The minimum absolute atomic E-state index is 0.144. The van der Waals surface area contributed by atoms with Crippen LogP contribution in [0.3, 0.4) is 0 Å². The van der Waals surface area contributed by atoms with Gasteiger partial charge in [0.25, 0.3) is 0 Å². The van der Waals surface area contributed by atoms with E-state index in [1.54, 1.807) is 6.08 Å². The first-order valence-corrected chi connectivity index (χ1v) is 6.30. The number of carbonyl (C=O) groups is 1. The van der Waals surface area contributed by atoms with Gasteiger partial charge in [0, 0.05) is 13.1 Å². The molecule has 1 unspecified atom stereocenters. The van der Waals surface area contributed by atoms with Crippen molar-refractivity contribution in [1.82, 2.24) is 4.90 Å². The minimum Gasteiger partial charge on any atom is -0.375 e. The van der Waals surface area contributed by atoms with E-state index in [-0.39, 0.29) is 12.0 Å². The van der Waals surface area contributed by atoms with E-state index in [9.17, 15) is 4.79 Å². The molecule has 96 valence electrons. The number of hydrogen-bond donors (Lipinski definition) is 0. The van der Waals surface area contributed by atoms with Crippen LogP contribution >= 0.6 is 0 Å². The van der Waals surface area contributed by atoms with Gasteiger partial charge in [-0.2, -0.15) is 0 Å². The van der Waals surface area contributed by atoms with Gasteiger partial charge >= 0.3 is 0 Å². The van der Waals surface area contributed by atoms with Gasteiger partial charge in [-0.15, -0.1) is 0 Å². The zero-order valence-corrected chi connectivity index (χ0v) is 10.8. The third-order valence-corrected chi connectivity index (χ3v) is 3.16. The molecule has 0 aromatic heterocycles. The quantitative estimate of drug-likeness (QED) is 0.816. The second-order valence-electron chi connectivity index (χ2n) is 4.64. The van der Waals surface area contributed by atoms with Gasteiger partial charge in [-0.1, -0.05) is 36.9 Å². The van der Waals surface area contributed by atoms with Crippen LogP contribution in [0.15, 0.2) is 30.8 Å². The normalized spacial score (nSPS) is 19.6. The molecule has 0 saturated carbocycles. The Kier molecular flexibility index (Phi) is 4.15. The molecule has 0 bridgehead atoms. The highest BCUT2D eigenvalue weighted by atomic mass is 16.5. The van der Waals surface area contributed by atoms with Gasteiger partial charge in [-0.25, -0.2) is 0 Å². The van der Waals surface area contributed by atoms with Crippen molar-refractivity contribution >= 4 is 12.0 Å². The van der Waals surface area contributed by atoms with E-state index in [0.29, 0.717) is 26.1 Å². The van der Waals surface area contributed by atoms with Crippen LogP contribution in [-0.4, -0.2) is 36.6 Å². The third kappa shape index (κ3) is 3.20. The smallest absolute Gasteiger partial charge is 0.227 e. The van der Waals surface area contributed by atoms with Gasteiger partial charge in [-0.05, 0) is 18.1 Å². The van der Waals surface area contributed by atoms with Crippen LogP contribution in [0.2, 0.25) is 0 Å². The van der Waals surface area contributed by atoms with Gasteiger partial charge in [0.05, 0.1) is 19.1 Å². The van der Waals surface area contributed by atoms with Crippen molar-refractivity contribution in [2.45, 2.75) is 19.4 Å². The molecule has 1 atom stereocenters. The Labute approximate surface area is 108 Å². The van der Waals surface area contributed by atoms with Crippen LogP contribution in [0.25, 0.3) is 6.08 Å². The van der Waals surface area contributed by atoms with Gasteiger partial charge in [0.1, 0.15) is 0 Å². The second-order valence-corrected chi connectivity index (χ2v) is 4.64. The van der Waals surface area contributed by atoms with Crippen molar-refractivity contribution in [1.29, 1.82) is 0 Å². The fourth-order valence-corrected chi connectivity index (χ4v) is 2.10. The van der Waals surface area contributed by atoms with Gasteiger partial charge in [0.2, 0.25) is 5.91 Å². The summed E-state index contributed by atoms with van der Waals surface area (Å²) in [4.78, 5) is 14.0. The molecule has 1 fully saturated rings. The van der Waals surface area contributed by atoms with Crippen molar-refractivity contribution in [2.24, 2.45) is 0 Å². The summed E-state index contributed by atoms with van der Waals surface area (Å²) in [5.74, 6) is 0.177. The molecule has 1 aromatic rings. The molecule has 1 saturated heterocycles. The number of rotatable bonds is 3. The van der Waals surface area contributed by atoms with Crippen molar-refractivity contribution < 1.29 is 9.53 Å². The average molecular weight is 245 g/mol.